The first-order valence-corrected chi connectivity index (χ1v) is 5.56. The number of amides is 1. The maximum Gasteiger partial charge on any atom is 0.255 e. The highest BCUT2D eigenvalue weighted by atomic mass is 35.5. The smallest absolute Gasteiger partial charge is 0.255 e. The summed E-state index contributed by atoms with van der Waals surface area (Å²) in [6, 6.07) is 10.5. The lowest BCUT2D eigenvalue weighted by molar-refractivity contribution is 0.102. The van der Waals surface area contributed by atoms with E-state index in [9.17, 15) is 9.18 Å². The molecule has 1 amide bonds. The van der Waals surface area contributed by atoms with Crippen molar-refractivity contribution in [3.8, 4) is 0 Å². The number of hydrogen-bond donors (Lipinski definition) is 2. The molecule has 3 N–H and O–H groups in total. The van der Waals surface area contributed by atoms with Crippen molar-refractivity contribution in [3.63, 3.8) is 0 Å². The van der Waals surface area contributed by atoms with Crippen molar-refractivity contribution in [2.75, 3.05) is 11.1 Å². The number of benzene rings is 2. The third-order valence-electron chi connectivity index (χ3n) is 2.33. The van der Waals surface area contributed by atoms with Crippen molar-refractivity contribution >= 4 is 28.9 Å². The van der Waals surface area contributed by atoms with E-state index < -0.39 is 11.7 Å². The second kappa shape index (κ2) is 5.06. The highest BCUT2D eigenvalue weighted by Gasteiger charge is 2.09. The van der Waals surface area contributed by atoms with Gasteiger partial charge >= 0.3 is 0 Å². The third-order valence-corrected chi connectivity index (χ3v) is 2.56. The summed E-state index contributed by atoms with van der Waals surface area (Å²) in [7, 11) is 0. The van der Waals surface area contributed by atoms with Crippen LogP contribution >= 0.6 is 11.6 Å². The van der Waals surface area contributed by atoms with Crippen LogP contribution in [0.5, 0.6) is 0 Å². The number of nitrogens with one attached hydrogen (secondary N) is 1. The fourth-order valence-electron chi connectivity index (χ4n) is 1.47. The van der Waals surface area contributed by atoms with Gasteiger partial charge in [0.15, 0.2) is 0 Å². The minimum atomic E-state index is -0.584. The van der Waals surface area contributed by atoms with Gasteiger partial charge in [-0.25, -0.2) is 4.39 Å². The van der Waals surface area contributed by atoms with Crippen LogP contribution in [0.1, 0.15) is 10.4 Å². The molecule has 2 aromatic rings. The zero-order valence-corrected chi connectivity index (χ0v) is 10.0. The Labute approximate surface area is 108 Å². The van der Waals surface area contributed by atoms with Crippen LogP contribution in [0.3, 0.4) is 0 Å². The molecule has 0 spiro atoms. The molecular weight excluding hydrogens is 255 g/mol. The number of nitrogens with two attached hydrogens (primary N) is 1. The molecule has 0 fully saturated rings. The van der Waals surface area contributed by atoms with E-state index in [2.05, 4.69) is 5.32 Å². The average Bonchev–Trinajstić information content (AvgIpc) is 2.32. The minimum Gasteiger partial charge on any atom is -0.399 e. The monoisotopic (exact) mass is 264 g/mol. The molecule has 2 aromatic carbocycles. The fraction of sp³-hybridized carbons (Fsp3) is 0. The largest absolute Gasteiger partial charge is 0.399 e. The predicted molar refractivity (Wildman–Crippen MR) is 70.2 cm³/mol. The molecule has 0 radical (unpaired) electrons. The Morgan fingerprint density at radius 3 is 2.67 bits per heavy atom. The van der Waals surface area contributed by atoms with Crippen LogP contribution in [-0.4, -0.2) is 5.91 Å². The summed E-state index contributed by atoms with van der Waals surface area (Å²) in [6.45, 7) is 0. The van der Waals surface area contributed by atoms with Crippen LogP contribution in [0.4, 0.5) is 15.8 Å². The van der Waals surface area contributed by atoms with Gasteiger partial charge in [0.05, 0.1) is 5.69 Å². The van der Waals surface area contributed by atoms with Crippen LogP contribution in [0.25, 0.3) is 0 Å². The van der Waals surface area contributed by atoms with Gasteiger partial charge in [0.1, 0.15) is 5.82 Å². The molecule has 0 aliphatic carbocycles. The number of carbonyl (C=O) groups is 1. The molecule has 0 heterocycles. The molecule has 0 saturated carbocycles. The molecule has 0 unspecified atom stereocenters. The molecule has 0 bridgehead atoms. The number of anilines is 2. The lowest BCUT2D eigenvalue weighted by Gasteiger charge is -2.07. The number of hydrogen-bond acceptors (Lipinski definition) is 2. The Morgan fingerprint density at radius 2 is 2.00 bits per heavy atom. The molecule has 0 aromatic heterocycles. The van der Waals surface area contributed by atoms with Crippen molar-refractivity contribution in [2.45, 2.75) is 0 Å². The van der Waals surface area contributed by atoms with Gasteiger partial charge in [0, 0.05) is 16.3 Å². The molecule has 0 saturated heterocycles. The fourth-order valence-corrected chi connectivity index (χ4v) is 1.62. The molecule has 92 valence electrons. The van der Waals surface area contributed by atoms with Crippen molar-refractivity contribution in [2.24, 2.45) is 0 Å². The Morgan fingerprint density at radius 1 is 1.22 bits per heavy atom. The Kier molecular flexibility index (Phi) is 3.48. The Hall–Kier alpha value is -2.07. The van der Waals surface area contributed by atoms with Gasteiger partial charge < -0.3 is 11.1 Å². The van der Waals surface area contributed by atoms with Crippen molar-refractivity contribution in [1.82, 2.24) is 0 Å². The average molecular weight is 265 g/mol. The number of rotatable bonds is 2. The molecule has 0 atom stereocenters. The van der Waals surface area contributed by atoms with E-state index in [4.69, 9.17) is 17.3 Å². The quantitative estimate of drug-likeness (QED) is 0.818. The summed E-state index contributed by atoms with van der Waals surface area (Å²) >= 11 is 5.62. The second-order valence-corrected chi connectivity index (χ2v) is 4.14. The minimum absolute atomic E-state index is 0.0758. The summed E-state index contributed by atoms with van der Waals surface area (Å²) < 4.78 is 13.5. The van der Waals surface area contributed by atoms with Gasteiger partial charge in [-0.3, -0.25) is 4.79 Å². The van der Waals surface area contributed by atoms with E-state index in [1.54, 1.807) is 18.2 Å². The lowest BCUT2D eigenvalue weighted by atomic mass is 10.2. The van der Waals surface area contributed by atoms with Crippen LogP contribution in [-0.2, 0) is 0 Å². The SMILES string of the molecule is Nc1cccc(C(=O)Nc2ccc(Cl)cc2F)c1. The summed E-state index contributed by atoms with van der Waals surface area (Å²) in [6.07, 6.45) is 0. The highest BCUT2D eigenvalue weighted by molar-refractivity contribution is 6.30. The van der Waals surface area contributed by atoms with E-state index in [1.807, 2.05) is 0 Å². The van der Waals surface area contributed by atoms with Gasteiger partial charge in [0.2, 0.25) is 0 Å². The van der Waals surface area contributed by atoms with Gasteiger partial charge in [-0.1, -0.05) is 17.7 Å². The van der Waals surface area contributed by atoms with Crippen molar-refractivity contribution < 1.29 is 9.18 Å². The number of halogens is 2. The third kappa shape index (κ3) is 2.78. The summed E-state index contributed by atoms with van der Waals surface area (Å²) in [5.41, 5.74) is 6.48. The van der Waals surface area contributed by atoms with E-state index in [0.717, 1.165) is 6.07 Å². The highest BCUT2D eigenvalue weighted by Crippen LogP contribution is 2.19. The standard InChI is InChI=1S/C13H10ClFN2O/c14-9-4-5-12(11(15)7-9)17-13(18)8-2-1-3-10(16)6-8/h1-7H,16H2,(H,17,18). The molecule has 3 nitrogen and oxygen atoms in total. The van der Waals surface area contributed by atoms with E-state index in [1.165, 1.54) is 18.2 Å². The predicted octanol–water partition coefficient (Wildman–Crippen LogP) is 3.31. The van der Waals surface area contributed by atoms with Crippen LogP contribution < -0.4 is 11.1 Å². The molecule has 18 heavy (non-hydrogen) atoms. The van der Waals surface area contributed by atoms with Gasteiger partial charge in [-0.2, -0.15) is 0 Å². The Balaban J connectivity index is 2.21. The molecule has 0 aliphatic heterocycles. The van der Waals surface area contributed by atoms with E-state index >= 15 is 0 Å². The van der Waals surface area contributed by atoms with Crippen LogP contribution in [0.15, 0.2) is 42.5 Å². The normalized spacial score (nSPS) is 10.1. The molecule has 5 heteroatoms. The first-order valence-electron chi connectivity index (χ1n) is 5.18. The Bertz CT molecular complexity index is 601. The van der Waals surface area contributed by atoms with Gasteiger partial charge in [-0.15, -0.1) is 0 Å². The van der Waals surface area contributed by atoms with E-state index in [0.29, 0.717) is 11.3 Å². The maximum absolute atomic E-state index is 13.5. The molecule has 0 aliphatic rings. The first-order chi connectivity index (χ1) is 8.56. The first kappa shape index (κ1) is 12.4. The molecule has 2 rings (SSSR count). The topological polar surface area (TPSA) is 55.1 Å². The zero-order chi connectivity index (χ0) is 13.1. The molecular formula is C13H10ClFN2O. The summed E-state index contributed by atoms with van der Waals surface area (Å²) in [5, 5.41) is 2.73. The zero-order valence-electron chi connectivity index (χ0n) is 9.28. The second-order valence-electron chi connectivity index (χ2n) is 3.70. The van der Waals surface area contributed by atoms with Crippen molar-refractivity contribution in [1.29, 1.82) is 0 Å². The lowest BCUT2D eigenvalue weighted by Crippen LogP contribution is -2.13. The van der Waals surface area contributed by atoms with Gasteiger partial charge in [0.25, 0.3) is 5.91 Å². The number of nitrogen functional groups attached to an aromatic ring is 1. The maximum atomic E-state index is 13.5. The van der Waals surface area contributed by atoms with E-state index in [-0.39, 0.29) is 10.7 Å². The van der Waals surface area contributed by atoms with Crippen molar-refractivity contribution in [3.05, 3.63) is 58.9 Å². The van der Waals surface area contributed by atoms with Crippen LogP contribution in [0.2, 0.25) is 5.02 Å². The van der Waals surface area contributed by atoms with Crippen LogP contribution in [0, 0.1) is 5.82 Å². The van der Waals surface area contributed by atoms with Gasteiger partial charge in [-0.05, 0) is 36.4 Å². The summed E-state index contributed by atoms with van der Waals surface area (Å²) in [4.78, 5) is 11.8. The number of carbonyl (C=O) groups excluding carboxylic acids is 1. The summed E-state index contributed by atoms with van der Waals surface area (Å²) in [5.74, 6) is -1.01.